The number of aliphatic hydroxyl groups excluding tert-OH is 1. The topological polar surface area (TPSA) is 56.5 Å². The van der Waals surface area contributed by atoms with Gasteiger partial charge in [-0.1, -0.05) is 17.9 Å². The summed E-state index contributed by atoms with van der Waals surface area (Å²) in [5.74, 6) is 6.22. The van der Waals surface area contributed by atoms with Gasteiger partial charge in [0.1, 0.15) is 12.4 Å². The molecule has 0 aliphatic carbocycles. The van der Waals surface area contributed by atoms with Crippen LogP contribution in [0.25, 0.3) is 0 Å². The van der Waals surface area contributed by atoms with Crippen LogP contribution in [0.1, 0.15) is 18.1 Å². The van der Waals surface area contributed by atoms with Crippen molar-refractivity contribution >= 4 is 0 Å². The summed E-state index contributed by atoms with van der Waals surface area (Å²) in [7, 11) is 3.58. The van der Waals surface area contributed by atoms with Crippen molar-refractivity contribution in [1.29, 1.82) is 5.26 Å². The van der Waals surface area contributed by atoms with Crippen molar-refractivity contribution in [2.45, 2.75) is 13.5 Å². The Morgan fingerprint density at radius 3 is 2.80 bits per heavy atom. The van der Waals surface area contributed by atoms with Crippen molar-refractivity contribution in [2.75, 3.05) is 27.3 Å². The number of aliphatic hydroxyl groups is 1. The van der Waals surface area contributed by atoms with Gasteiger partial charge in [-0.3, -0.25) is 0 Å². The van der Waals surface area contributed by atoms with Gasteiger partial charge in [-0.05, 0) is 31.7 Å². The van der Waals surface area contributed by atoms with E-state index in [4.69, 9.17) is 15.1 Å². The monoisotopic (exact) mass is 272 g/mol. The van der Waals surface area contributed by atoms with Crippen LogP contribution < -0.4 is 4.74 Å². The third-order valence-corrected chi connectivity index (χ3v) is 2.82. The molecule has 0 saturated carbocycles. The molecule has 106 valence electrons. The number of benzene rings is 1. The van der Waals surface area contributed by atoms with E-state index in [1.807, 2.05) is 32.2 Å². The summed E-state index contributed by atoms with van der Waals surface area (Å²) in [6.45, 7) is 3.19. The van der Waals surface area contributed by atoms with Crippen molar-refractivity contribution in [3.63, 3.8) is 0 Å². The lowest BCUT2D eigenvalue weighted by Gasteiger charge is -2.18. The van der Waals surface area contributed by atoms with Gasteiger partial charge in [0.25, 0.3) is 0 Å². The SMILES string of the molecule is COc1ccc(CN(C)CC(C)C#N)cc1C#CCO. The Morgan fingerprint density at radius 1 is 1.45 bits per heavy atom. The first-order chi connectivity index (χ1) is 9.60. The van der Waals surface area contributed by atoms with Gasteiger partial charge in [-0.15, -0.1) is 0 Å². The molecule has 1 rings (SSSR count). The largest absolute Gasteiger partial charge is 0.495 e. The minimum atomic E-state index is -0.174. The zero-order chi connectivity index (χ0) is 15.0. The number of ether oxygens (including phenoxy) is 1. The summed E-state index contributed by atoms with van der Waals surface area (Å²) >= 11 is 0. The Hall–Kier alpha value is -2.01. The summed E-state index contributed by atoms with van der Waals surface area (Å²) in [5.41, 5.74) is 1.86. The molecule has 1 aromatic rings. The summed E-state index contributed by atoms with van der Waals surface area (Å²) in [6.07, 6.45) is 0. The fraction of sp³-hybridized carbons (Fsp3) is 0.438. The second kappa shape index (κ2) is 8.22. The summed E-state index contributed by atoms with van der Waals surface area (Å²) in [5, 5.41) is 17.6. The predicted molar refractivity (Wildman–Crippen MR) is 78.1 cm³/mol. The molecule has 20 heavy (non-hydrogen) atoms. The van der Waals surface area contributed by atoms with E-state index >= 15 is 0 Å². The summed E-state index contributed by atoms with van der Waals surface area (Å²) in [4.78, 5) is 2.10. The Labute approximate surface area is 120 Å². The van der Waals surface area contributed by atoms with Gasteiger partial charge in [0.2, 0.25) is 0 Å². The first-order valence-corrected chi connectivity index (χ1v) is 6.45. The highest BCUT2D eigenvalue weighted by Crippen LogP contribution is 2.19. The van der Waals surface area contributed by atoms with Crippen molar-refractivity contribution in [1.82, 2.24) is 4.90 Å². The van der Waals surface area contributed by atoms with Crippen LogP contribution in [0.3, 0.4) is 0 Å². The van der Waals surface area contributed by atoms with Crippen LogP contribution in [-0.2, 0) is 6.54 Å². The van der Waals surface area contributed by atoms with Crippen molar-refractivity contribution in [3.8, 4) is 23.7 Å². The van der Waals surface area contributed by atoms with Crippen molar-refractivity contribution < 1.29 is 9.84 Å². The van der Waals surface area contributed by atoms with Gasteiger partial charge in [0, 0.05) is 13.1 Å². The molecule has 1 N–H and O–H groups in total. The molecule has 0 aromatic heterocycles. The lowest BCUT2D eigenvalue weighted by Crippen LogP contribution is -2.23. The molecule has 0 heterocycles. The van der Waals surface area contributed by atoms with E-state index in [-0.39, 0.29) is 12.5 Å². The molecule has 4 heteroatoms. The van der Waals surface area contributed by atoms with E-state index in [0.717, 1.165) is 24.2 Å². The molecule has 0 aliphatic rings. The molecule has 0 amide bonds. The van der Waals surface area contributed by atoms with Crippen LogP contribution in [0.5, 0.6) is 5.75 Å². The predicted octanol–water partition coefficient (Wildman–Crippen LogP) is 1.63. The van der Waals surface area contributed by atoms with E-state index in [9.17, 15) is 0 Å². The third-order valence-electron chi connectivity index (χ3n) is 2.82. The molecular weight excluding hydrogens is 252 g/mol. The van der Waals surface area contributed by atoms with Crippen molar-refractivity contribution in [2.24, 2.45) is 5.92 Å². The van der Waals surface area contributed by atoms with E-state index in [1.165, 1.54) is 0 Å². The maximum Gasteiger partial charge on any atom is 0.134 e. The van der Waals surface area contributed by atoms with Crippen LogP contribution >= 0.6 is 0 Å². The number of nitriles is 1. The number of methoxy groups -OCH3 is 1. The fourth-order valence-corrected chi connectivity index (χ4v) is 1.97. The second-order valence-corrected chi connectivity index (χ2v) is 4.72. The van der Waals surface area contributed by atoms with Crippen LogP contribution in [0.2, 0.25) is 0 Å². The second-order valence-electron chi connectivity index (χ2n) is 4.72. The zero-order valence-corrected chi connectivity index (χ0v) is 12.2. The number of hydrogen-bond acceptors (Lipinski definition) is 4. The smallest absolute Gasteiger partial charge is 0.134 e. The lowest BCUT2D eigenvalue weighted by molar-refractivity contribution is 0.303. The van der Waals surface area contributed by atoms with Gasteiger partial charge in [0.15, 0.2) is 0 Å². The first kappa shape index (κ1) is 16.0. The van der Waals surface area contributed by atoms with E-state index in [1.54, 1.807) is 7.11 Å². The molecule has 1 unspecified atom stereocenters. The van der Waals surface area contributed by atoms with E-state index < -0.39 is 0 Å². The Kier molecular flexibility index (Phi) is 6.59. The minimum Gasteiger partial charge on any atom is -0.495 e. The van der Waals surface area contributed by atoms with Crippen LogP contribution in [-0.4, -0.2) is 37.3 Å². The summed E-state index contributed by atoms with van der Waals surface area (Å²) in [6, 6.07) is 8.04. The van der Waals surface area contributed by atoms with Crippen LogP contribution in [0.15, 0.2) is 18.2 Å². The molecule has 0 radical (unpaired) electrons. The Bertz CT molecular complexity index is 538. The van der Waals surface area contributed by atoms with E-state index in [2.05, 4.69) is 22.8 Å². The molecule has 4 nitrogen and oxygen atoms in total. The highest BCUT2D eigenvalue weighted by molar-refractivity contribution is 5.48. The fourth-order valence-electron chi connectivity index (χ4n) is 1.97. The maximum atomic E-state index is 8.82. The highest BCUT2D eigenvalue weighted by atomic mass is 16.5. The van der Waals surface area contributed by atoms with Gasteiger partial charge in [0.05, 0.1) is 24.7 Å². The normalized spacial score (nSPS) is 11.4. The molecule has 0 saturated heterocycles. The Morgan fingerprint density at radius 2 is 2.20 bits per heavy atom. The molecule has 1 aromatic carbocycles. The maximum absolute atomic E-state index is 8.82. The van der Waals surface area contributed by atoms with Gasteiger partial charge < -0.3 is 14.7 Å². The first-order valence-electron chi connectivity index (χ1n) is 6.45. The number of nitrogens with zero attached hydrogens (tertiary/aromatic N) is 2. The zero-order valence-electron chi connectivity index (χ0n) is 12.2. The number of rotatable bonds is 5. The molecule has 0 aliphatic heterocycles. The highest BCUT2D eigenvalue weighted by Gasteiger charge is 2.08. The Balaban J connectivity index is 2.84. The average molecular weight is 272 g/mol. The molecule has 0 bridgehead atoms. The standard InChI is InChI=1S/C16H20N2O2/c1-13(10-17)11-18(2)12-14-6-7-16(20-3)15(9-14)5-4-8-19/h6-7,9,13,19H,8,11-12H2,1-3H3. The van der Waals surface area contributed by atoms with Gasteiger partial charge >= 0.3 is 0 Å². The van der Waals surface area contributed by atoms with Crippen LogP contribution in [0.4, 0.5) is 0 Å². The van der Waals surface area contributed by atoms with Crippen molar-refractivity contribution in [3.05, 3.63) is 29.3 Å². The third kappa shape index (κ3) is 4.93. The number of hydrogen-bond donors (Lipinski definition) is 1. The molecule has 0 spiro atoms. The molecular formula is C16H20N2O2. The van der Waals surface area contributed by atoms with Crippen LogP contribution in [0, 0.1) is 29.1 Å². The quantitative estimate of drug-likeness (QED) is 0.828. The lowest BCUT2D eigenvalue weighted by atomic mass is 10.1. The summed E-state index contributed by atoms with van der Waals surface area (Å²) < 4.78 is 5.24. The van der Waals surface area contributed by atoms with Gasteiger partial charge in [-0.25, -0.2) is 0 Å². The van der Waals surface area contributed by atoms with E-state index in [0.29, 0.717) is 5.75 Å². The van der Waals surface area contributed by atoms with Gasteiger partial charge in [-0.2, -0.15) is 5.26 Å². The molecule has 1 atom stereocenters. The minimum absolute atomic E-state index is 0.00639. The average Bonchev–Trinajstić information content (AvgIpc) is 2.44. The molecule has 0 fully saturated rings.